The fourth-order valence-electron chi connectivity index (χ4n) is 3.50. The fraction of sp³-hybridized carbons (Fsp3) is 0.167. The van der Waals surface area contributed by atoms with Gasteiger partial charge in [0.15, 0.2) is 0 Å². The first kappa shape index (κ1) is 18.0. The summed E-state index contributed by atoms with van der Waals surface area (Å²) in [5.74, 6) is -0.138. The molecule has 0 saturated heterocycles. The van der Waals surface area contributed by atoms with Crippen molar-refractivity contribution in [2.75, 3.05) is 6.54 Å². The second-order valence-electron chi connectivity index (χ2n) is 6.99. The average molecular weight is 370 g/mol. The van der Waals surface area contributed by atoms with Crippen LogP contribution in [0.15, 0.2) is 78.9 Å². The quantitative estimate of drug-likeness (QED) is 0.759. The molecule has 0 bridgehead atoms. The third-order valence-electron chi connectivity index (χ3n) is 5.11. The van der Waals surface area contributed by atoms with Crippen LogP contribution in [0.3, 0.4) is 0 Å². The summed E-state index contributed by atoms with van der Waals surface area (Å²) in [4.78, 5) is 27.0. The number of nitrogens with zero attached hydrogens (tertiary/aromatic N) is 1. The highest BCUT2D eigenvalue weighted by Gasteiger charge is 2.21. The van der Waals surface area contributed by atoms with Crippen LogP contribution < -0.4 is 5.32 Å². The smallest absolute Gasteiger partial charge is 0.254 e. The van der Waals surface area contributed by atoms with Gasteiger partial charge in [0, 0.05) is 30.8 Å². The predicted molar refractivity (Wildman–Crippen MR) is 109 cm³/mol. The molecule has 0 spiro atoms. The lowest BCUT2D eigenvalue weighted by Gasteiger charge is -2.29. The predicted octanol–water partition coefficient (Wildman–Crippen LogP) is 3.82. The maximum absolute atomic E-state index is 12.8. The van der Waals surface area contributed by atoms with Crippen LogP contribution in [0.5, 0.6) is 0 Å². The zero-order valence-corrected chi connectivity index (χ0v) is 15.6. The molecule has 0 atom stereocenters. The molecule has 1 heterocycles. The summed E-state index contributed by atoms with van der Waals surface area (Å²) in [7, 11) is 0. The Kier molecular flexibility index (Phi) is 5.20. The molecule has 1 aliphatic rings. The highest BCUT2D eigenvalue weighted by Crippen LogP contribution is 2.20. The Morgan fingerprint density at radius 1 is 0.786 bits per heavy atom. The van der Waals surface area contributed by atoms with Gasteiger partial charge in [0.25, 0.3) is 11.8 Å². The molecule has 4 heteroatoms. The van der Waals surface area contributed by atoms with Crippen LogP contribution in [0.25, 0.3) is 0 Å². The minimum absolute atomic E-state index is 0.00532. The Labute approximate surface area is 164 Å². The van der Waals surface area contributed by atoms with Crippen molar-refractivity contribution in [1.82, 2.24) is 10.2 Å². The van der Waals surface area contributed by atoms with Crippen molar-refractivity contribution in [3.63, 3.8) is 0 Å². The summed E-state index contributed by atoms with van der Waals surface area (Å²) in [5, 5.41) is 2.90. The normalized spacial score (nSPS) is 12.9. The summed E-state index contributed by atoms with van der Waals surface area (Å²) >= 11 is 0. The third-order valence-corrected chi connectivity index (χ3v) is 5.11. The number of hydrogen-bond donors (Lipinski definition) is 1. The molecule has 28 heavy (non-hydrogen) atoms. The van der Waals surface area contributed by atoms with Crippen LogP contribution in [0, 0.1) is 0 Å². The van der Waals surface area contributed by atoms with E-state index in [1.54, 1.807) is 24.3 Å². The maximum Gasteiger partial charge on any atom is 0.254 e. The van der Waals surface area contributed by atoms with E-state index in [0.29, 0.717) is 24.2 Å². The Morgan fingerprint density at radius 2 is 1.43 bits per heavy atom. The topological polar surface area (TPSA) is 49.4 Å². The summed E-state index contributed by atoms with van der Waals surface area (Å²) < 4.78 is 0. The Bertz CT molecular complexity index is 981. The van der Waals surface area contributed by atoms with Crippen LogP contribution in [-0.4, -0.2) is 23.3 Å². The molecule has 0 saturated carbocycles. The van der Waals surface area contributed by atoms with Crippen LogP contribution in [0.4, 0.5) is 0 Å². The maximum atomic E-state index is 12.8. The van der Waals surface area contributed by atoms with Crippen molar-refractivity contribution in [2.45, 2.75) is 19.5 Å². The highest BCUT2D eigenvalue weighted by molar-refractivity contribution is 5.97. The van der Waals surface area contributed by atoms with Crippen LogP contribution in [0.2, 0.25) is 0 Å². The van der Waals surface area contributed by atoms with E-state index >= 15 is 0 Å². The molecule has 0 unspecified atom stereocenters. The van der Waals surface area contributed by atoms with E-state index in [1.165, 1.54) is 11.1 Å². The van der Waals surface area contributed by atoms with Crippen molar-refractivity contribution in [3.8, 4) is 0 Å². The van der Waals surface area contributed by atoms with Gasteiger partial charge < -0.3 is 10.2 Å². The van der Waals surface area contributed by atoms with Crippen molar-refractivity contribution in [2.24, 2.45) is 0 Å². The highest BCUT2D eigenvalue weighted by atomic mass is 16.2. The zero-order chi connectivity index (χ0) is 19.3. The van der Waals surface area contributed by atoms with Gasteiger partial charge in [-0.15, -0.1) is 0 Å². The first-order valence-corrected chi connectivity index (χ1v) is 9.49. The molecule has 1 N–H and O–H groups in total. The van der Waals surface area contributed by atoms with E-state index in [0.717, 1.165) is 18.5 Å². The Hall–Kier alpha value is -3.40. The van der Waals surface area contributed by atoms with Crippen LogP contribution in [-0.2, 0) is 19.5 Å². The summed E-state index contributed by atoms with van der Waals surface area (Å²) in [5.41, 5.74) is 4.74. The van der Waals surface area contributed by atoms with E-state index < -0.39 is 0 Å². The van der Waals surface area contributed by atoms with Crippen molar-refractivity contribution in [1.29, 1.82) is 0 Å². The molecule has 0 fully saturated rings. The molecule has 1 aliphatic heterocycles. The van der Waals surface area contributed by atoms with Crippen LogP contribution in [0.1, 0.15) is 37.4 Å². The van der Waals surface area contributed by atoms with Gasteiger partial charge in [-0.1, -0.05) is 54.6 Å². The van der Waals surface area contributed by atoms with Gasteiger partial charge in [-0.3, -0.25) is 9.59 Å². The number of rotatable bonds is 4. The molecule has 0 aromatic heterocycles. The largest absolute Gasteiger partial charge is 0.348 e. The number of amides is 2. The standard InChI is InChI=1S/C24H22N2O2/c27-23(25-16-18-6-2-1-3-7-18)20-10-12-21(13-11-20)24(28)26-15-14-19-8-4-5-9-22(19)17-26/h1-13H,14-17H2,(H,25,27). The minimum atomic E-state index is -0.144. The molecule has 4 rings (SSSR count). The number of carbonyl (C=O) groups is 2. The molecule has 140 valence electrons. The lowest BCUT2D eigenvalue weighted by molar-refractivity contribution is 0.0734. The van der Waals surface area contributed by atoms with E-state index in [4.69, 9.17) is 0 Å². The molecule has 0 radical (unpaired) electrons. The number of nitrogens with one attached hydrogen (secondary N) is 1. The first-order valence-electron chi connectivity index (χ1n) is 9.49. The van der Waals surface area contributed by atoms with E-state index in [-0.39, 0.29) is 11.8 Å². The third kappa shape index (κ3) is 3.96. The lowest BCUT2D eigenvalue weighted by atomic mass is 9.99. The lowest BCUT2D eigenvalue weighted by Crippen LogP contribution is -2.35. The second-order valence-corrected chi connectivity index (χ2v) is 6.99. The molecular formula is C24H22N2O2. The monoisotopic (exact) mass is 370 g/mol. The first-order chi connectivity index (χ1) is 13.7. The average Bonchev–Trinajstić information content (AvgIpc) is 2.77. The molecule has 4 nitrogen and oxygen atoms in total. The fourth-order valence-corrected chi connectivity index (χ4v) is 3.50. The van der Waals surface area contributed by atoms with Crippen molar-refractivity contribution in [3.05, 3.63) is 107 Å². The van der Waals surface area contributed by atoms with Gasteiger partial charge >= 0.3 is 0 Å². The molecule has 2 amide bonds. The molecule has 0 aliphatic carbocycles. The molecule has 3 aromatic carbocycles. The Morgan fingerprint density at radius 3 is 2.18 bits per heavy atom. The van der Waals surface area contributed by atoms with Gasteiger partial charge in [0.05, 0.1) is 0 Å². The van der Waals surface area contributed by atoms with Gasteiger partial charge in [-0.05, 0) is 47.4 Å². The van der Waals surface area contributed by atoms with Crippen molar-refractivity contribution >= 4 is 11.8 Å². The zero-order valence-electron chi connectivity index (χ0n) is 15.6. The van der Waals surface area contributed by atoms with Gasteiger partial charge in [-0.25, -0.2) is 0 Å². The molecular weight excluding hydrogens is 348 g/mol. The minimum Gasteiger partial charge on any atom is -0.348 e. The molecule has 3 aromatic rings. The van der Waals surface area contributed by atoms with Gasteiger partial charge in [-0.2, -0.15) is 0 Å². The van der Waals surface area contributed by atoms with Crippen molar-refractivity contribution < 1.29 is 9.59 Å². The van der Waals surface area contributed by atoms with E-state index in [9.17, 15) is 9.59 Å². The number of hydrogen-bond acceptors (Lipinski definition) is 2. The van der Waals surface area contributed by atoms with Gasteiger partial charge in [0.2, 0.25) is 0 Å². The van der Waals surface area contributed by atoms with E-state index in [1.807, 2.05) is 47.4 Å². The van der Waals surface area contributed by atoms with E-state index in [2.05, 4.69) is 17.4 Å². The summed E-state index contributed by atoms with van der Waals surface area (Å²) in [6.45, 7) is 1.83. The van der Waals surface area contributed by atoms with Gasteiger partial charge in [0.1, 0.15) is 0 Å². The Balaban J connectivity index is 1.39. The summed E-state index contributed by atoms with van der Waals surface area (Å²) in [6.07, 6.45) is 0.877. The number of benzene rings is 3. The SMILES string of the molecule is O=C(NCc1ccccc1)c1ccc(C(=O)N2CCc3ccccc3C2)cc1. The second kappa shape index (κ2) is 8.09. The number of carbonyl (C=O) groups excluding carboxylic acids is 2. The number of fused-ring (bicyclic) bond motifs is 1. The summed E-state index contributed by atoms with van der Waals surface area (Å²) in [6, 6.07) is 24.9. The van der Waals surface area contributed by atoms with Crippen LogP contribution >= 0.6 is 0 Å².